The van der Waals surface area contributed by atoms with Crippen molar-refractivity contribution in [2.45, 2.75) is 19.3 Å². The lowest BCUT2D eigenvalue weighted by Crippen LogP contribution is -2.48. The fourth-order valence-electron chi connectivity index (χ4n) is 5.24. The smallest absolute Gasteiger partial charge is 0.223 e. The van der Waals surface area contributed by atoms with Crippen molar-refractivity contribution < 1.29 is 4.79 Å². The summed E-state index contributed by atoms with van der Waals surface area (Å²) < 4.78 is 2.18. The number of para-hydroxylation sites is 1. The van der Waals surface area contributed by atoms with Crippen molar-refractivity contribution >= 4 is 22.9 Å². The third-order valence-electron chi connectivity index (χ3n) is 7.36. The number of piperazine rings is 1. The molecule has 1 amide bonds. The first-order chi connectivity index (χ1) is 17.6. The van der Waals surface area contributed by atoms with Gasteiger partial charge in [-0.1, -0.05) is 90.5 Å². The van der Waals surface area contributed by atoms with Crippen LogP contribution in [0.2, 0.25) is 0 Å². The molecule has 5 rings (SSSR count). The van der Waals surface area contributed by atoms with Crippen LogP contribution in [-0.2, 0) is 11.8 Å². The zero-order chi connectivity index (χ0) is 24.9. The second-order valence-corrected chi connectivity index (χ2v) is 9.87. The molecule has 1 aromatic heterocycles. The predicted octanol–water partition coefficient (Wildman–Crippen LogP) is 5.87. The topological polar surface area (TPSA) is 28.5 Å². The van der Waals surface area contributed by atoms with Gasteiger partial charge in [0.05, 0.1) is 0 Å². The van der Waals surface area contributed by atoms with Crippen LogP contribution in [0.25, 0.3) is 17.0 Å². The fourth-order valence-corrected chi connectivity index (χ4v) is 5.24. The van der Waals surface area contributed by atoms with E-state index >= 15 is 0 Å². The number of fused-ring (bicyclic) bond motifs is 1. The Kier molecular flexibility index (Phi) is 7.33. The Morgan fingerprint density at radius 3 is 2.33 bits per heavy atom. The Hall–Kier alpha value is -3.63. The Bertz CT molecular complexity index is 1330. The molecule has 184 valence electrons. The van der Waals surface area contributed by atoms with E-state index in [9.17, 15) is 4.79 Å². The SMILES string of the molecule is Cc1ccc(C(CC(=O)N2CCN(CC=Cc3ccccc3)CC2)c2cn(C)c3ccccc23)cc1. The molecule has 1 atom stereocenters. The lowest BCUT2D eigenvalue weighted by Gasteiger charge is -2.35. The van der Waals surface area contributed by atoms with Gasteiger partial charge in [-0.25, -0.2) is 0 Å². The van der Waals surface area contributed by atoms with Crippen LogP contribution < -0.4 is 0 Å². The molecule has 1 aliphatic rings. The van der Waals surface area contributed by atoms with Crippen LogP contribution in [-0.4, -0.2) is 53.0 Å². The van der Waals surface area contributed by atoms with Gasteiger partial charge in [0.25, 0.3) is 0 Å². The molecular formula is C32H35N3O. The second kappa shape index (κ2) is 11.0. The van der Waals surface area contributed by atoms with E-state index < -0.39 is 0 Å². The maximum Gasteiger partial charge on any atom is 0.223 e. The van der Waals surface area contributed by atoms with Crippen LogP contribution in [0.4, 0.5) is 0 Å². The molecule has 0 bridgehead atoms. The van der Waals surface area contributed by atoms with Crippen molar-refractivity contribution in [1.29, 1.82) is 0 Å². The monoisotopic (exact) mass is 477 g/mol. The van der Waals surface area contributed by atoms with Crippen molar-refractivity contribution in [3.8, 4) is 0 Å². The molecule has 4 aromatic rings. The van der Waals surface area contributed by atoms with Crippen LogP contribution in [0.3, 0.4) is 0 Å². The third kappa shape index (κ3) is 5.44. The predicted molar refractivity (Wildman–Crippen MR) is 149 cm³/mol. The number of carbonyl (C=O) groups excluding carboxylic acids is 1. The molecule has 1 aliphatic heterocycles. The minimum atomic E-state index is 0.0380. The molecule has 36 heavy (non-hydrogen) atoms. The highest BCUT2D eigenvalue weighted by molar-refractivity contribution is 5.86. The molecule has 2 heterocycles. The Morgan fingerprint density at radius 1 is 0.889 bits per heavy atom. The van der Waals surface area contributed by atoms with Gasteiger partial charge in [-0.3, -0.25) is 9.69 Å². The highest BCUT2D eigenvalue weighted by Crippen LogP contribution is 2.35. The van der Waals surface area contributed by atoms with Gasteiger partial charge >= 0.3 is 0 Å². The maximum absolute atomic E-state index is 13.6. The summed E-state index contributed by atoms with van der Waals surface area (Å²) >= 11 is 0. The summed E-state index contributed by atoms with van der Waals surface area (Å²) in [6, 6.07) is 27.6. The zero-order valence-electron chi connectivity index (χ0n) is 21.3. The summed E-state index contributed by atoms with van der Waals surface area (Å²) in [5.74, 6) is 0.282. The van der Waals surface area contributed by atoms with E-state index in [-0.39, 0.29) is 11.8 Å². The summed E-state index contributed by atoms with van der Waals surface area (Å²) in [7, 11) is 2.09. The van der Waals surface area contributed by atoms with Gasteiger partial charge in [0.2, 0.25) is 5.91 Å². The molecule has 1 fully saturated rings. The van der Waals surface area contributed by atoms with E-state index in [1.54, 1.807) is 0 Å². The molecular weight excluding hydrogens is 442 g/mol. The first kappa shape index (κ1) is 24.1. The maximum atomic E-state index is 13.6. The zero-order valence-corrected chi connectivity index (χ0v) is 21.3. The first-order valence-electron chi connectivity index (χ1n) is 12.9. The summed E-state index contributed by atoms with van der Waals surface area (Å²) in [6.45, 7) is 6.42. The molecule has 0 aliphatic carbocycles. The van der Waals surface area contributed by atoms with E-state index in [1.807, 2.05) is 6.07 Å². The van der Waals surface area contributed by atoms with Gasteiger partial charge in [0, 0.05) is 69.2 Å². The number of benzene rings is 3. The number of hydrogen-bond acceptors (Lipinski definition) is 2. The van der Waals surface area contributed by atoms with Gasteiger partial charge in [-0.05, 0) is 29.7 Å². The number of hydrogen-bond donors (Lipinski definition) is 0. The normalized spacial score (nSPS) is 15.6. The molecule has 4 nitrogen and oxygen atoms in total. The highest BCUT2D eigenvalue weighted by Gasteiger charge is 2.27. The molecule has 0 spiro atoms. The van der Waals surface area contributed by atoms with Crippen molar-refractivity contribution in [3.63, 3.8) is 0 Å². The molecule has 0 N–H and O–H groups in total. The molecule has 0 radical (unpaired) electrons. The number of aryl methyl sites for hydroxylation is 2. The van der Waals surface area contributed by atoms with E-state index in [0.29, 0.717) is 6.42 Å². The number of rotatable bonds is 7. The highest BCUT2D eigenvalue weighted by atomic mass is 16.2. The summed E-state index contributed by atoms with van der Waals surface area (Å²) in [5, 5.41) is 1.23. The molecule has 1 saturated heterocycles. The van der Waals surface area contributed by atoms with Gasteiger partial charge in [0.1, 0.15) is 0 Å². The van der Waals surface area contributed by atoms with Gasteiger partial charge in [-0.2, -0.15) is 0 Å². The second-order valence-electron chi connectivity index (χ2n) is 9.87. The minimum Gasteiger partial charge on any atom is -0.350 e. The van der Waals surface area contributed by atoms with Crippen molar-refractivity contribution in [2.24, 2.45) is 7.05 Å². The van der Waals surface area contributed by atoms with Gasteiger partial charge in [-0.15, -0.1) is 0 Å². The Balaban J connectivity index is 1.27. The van der Waals surface area contributed by atoms with Crippen LogP contribution in [0.5, 0.6) is 0 Å². The van der Waals surface area contributed by atoms with Crippen molar-refractivity contribution in [1.82, 2.24) is 14.4 Å². The Labute approximate surface area is 214 Å². The van der Waals surface area contributed by atoms with Crippen molar-refractivity contribution in [2.75, 3.05) is 32.7 Å². The fraction of sp³-hybridized carbons (Fsp3) is 0.281. The average Bonchev–Trinajstić information content (AvgIpc) is 3.25. The number of aromatic nitrogens is 1. The number of carbonyl (C=O) groups is 1. The lowest BCUT2D eigenvalue weighted by molar-refractivity contribution is -0.133. The lowest BCUT2D eigenvalue weighted by atomic mass is 9.87. The van der Waals surface area contributed by atoms with E-state index in [1.165, 1.54) is 33.2 Å². The summed E-state index contributed by atoms with van der Waals surface area (Å²) in [5.41, 5.74) is 6.10. The summed E-state index contributed by atoms with van der Waals surface area (Å²) in [6.07, 6.45) is 7.10. The Morgan fingerprint density at radius 2 is 1.58 bits per heavy atom. The van der Waals surface area contributed by atoms with E-state index in [4.69, 9.17) is 0 Å². The van der Waals surface area contributed by atoms with E-state index in [2.05, 4.69) is 119 Å². The van der Waals surface area contributed by atoms with Crippen LogP contribution in [0.15, 0.2) is 91.1 Å². The number of amides is 1. The van der Waals surface area contributed by atoms with Gasteiger partial charge < -0.3 is 9.47 Å². The molecule has 0 saturated carbocycles. The van der Waals surface area contributed by atoms with Crippen molar-refractivity contribution in [3.05, 3.63) is 113 Å². The molecule has 3 aromatic carbocycles. The first-order valence-corrected chi connectivity index (χ1v) is 12.9. The largest absolute Gasteiger partial charge is 0.350 e. The minimum absolute atomic E-state index is 0.0380. The van der Waals surface area contributed by atoms with Crippen LogP contribution >= 0.6 is 0 Å². The third-order valence-corrected chi connectivity index (χ3v) is 7.36. The summed E-state index contributed by atoms with van der Waals surface area (Å²) in [4.78, 5) is 18.0. The quantitative estimate of drug-likeness (QED) is 0.333. The van der Waals surface area contributed by atoms with Crippen LogP contribution in [0.1, 0.15) is 34.6 Å². The standard InChI is InChI=1S/C32H35N3O/c1-25-14-16-27(17-15-25)29(30-24-33(2)31-13-7-6-12-28(30)31)23-32(36)35-21-19-34(20-22-35)18-8-11-26-9-4-3-5-10-26/h3-17,24,29H,18-23H2,1-2H3. The molecule has 1 unspecified atom stereocenters. The van der Waals surface area contributed by atoms with Gasteiger partial charge in [0.15, 0.2) is 0 Å². The van der Waals surface area contributed by atoms with E-state index in [0.717, 1.165) is 32.7 Å². The number of nitrogens with zero attached hydrogens (tertiary/aromatic N) is 3. The molecule has 4 heteroatoms. The average molecular weight is 478 g/mol. The van der Waals surface area contributed by atoms with Crippen LogP contribution in [0, 0.1) is 6.92 Å².